The van der Waals surface area contributed by atoms with E-state index in [4.69, 9.17) is 5.84 Å². The third-order valence-electron chi connectivity index (χ3n) is 2.02. The Kier molecular flexibility index (Phi) is 7.26. The Morgan fingerprint density at radius 3 is 2.48 bits per heavy atom. The number of aromatic nitrogens is 2. The first-order valence-electron chi connectivity index (χ1n) is 4.88. The third kappa shape index (κ3) is 5.24. The number of thiocarbonyl (C=S) groups is 1. The highest BCUT2D eigenvalue weighted by molar-refractivity contribution is 8.93. The summed E-state index contributed by atoms with van der Waals surface area (Å²) in [7, 11) is 1.02. The van der Waals surface area contributed by atoms with Crippen LogP contribution in [0.3, 0.4) is 0 Å². The Labute approximate surface area is 131 Å². The van der Waals surface area contributed by atoms with Gasteiger partial charge in [0.1, 0.15) is 6.61 Å². The molecule has 0 aliphatic heterocycles. The minimum Gasteiger partial charge on any atom is -0.465 e. The molecule has 0 bridgehead atoms. The van der Waals surface area contributed by atoms with E-state index >= 15 is 0 Å². The molecule has 0 aliphatic rings. The van der Waals surface area contributed by atoms with Gasteiger partial charge in [-0.2, -0.15) is 27.1 Å². The first kappa shape index (κ1) is 19.8. The van der Waals surface area contributed by atoms with E-state index in [0.717, 1.165) is 7.05 Å². The first-order valence-corrected chi connectivity index (χ1v) is 5.29. The molecule has 122 valence electrons. The number of nitrogens with two attached hydrogens (primary N) is 1. The normalized spacial score (nSPS) is 11.0. The number of halogens is 6. The zero-order chi connectivity index (χ0) is 15.5. The first-order chi connectivity index (χ1) is 9.16. The van der Waals surface area contributed by atoms with Crippen molar-refractivity contribution in [3.05, 3.63) is 11.3 Å². The van der Waals surface area contributed by atoms with E-state index < -0.39 is 41.7 Å². The van der Waals surface area contributed by atoms with E-state index in [1.165, 1.54) is 0 Å². The molecule has 0 fully saturated rings. The molecule has 0 saturated heterocycles. The van der Waals surface area contributed by atoms with Crippen molar-refractivity contribution in [1.29, 1.82) is 0 Å². The van der Waals surface area contributed by atoms with Gasteiger partial charge in [0.2, 0.25) is 5.88 Å². The number of aryl methyl sites for hydroxylation is 1. The van der Waals surface area contributed by atoms with Crippen molar-refractivity contribution in [3.63, 3.8) is 0 Å². The summed E-state index contributed by atoms with van der Waals surface area (Å²) in [4.78, 5) is 0. The second-order valence-corrected chi connectivity index (χ2v) is 3.72. The van der Waals surface area contributed by atoms with Crippen molar-refractivity contribution in [2.45, 2.75) is 19.4 Å². The lowest BCUT2D eigenvalue weighted by molar-refractivity contribution is -0.142. The van der Waals surface area contributed by atoms with Crippen molar-refractivity contribution in [2.24, 2.45) is 12.9 Å². The highest BCUT2D eigenvalue weighted by atomic mass is 79.9. The fraction of sp³-hybridized carbons (Fsp3) is 0.500. The fourth-order valence-electron chi connectivity index (χ4n) is 1.32. The summed E-state index contributed by atoms with van der Waals surface area (Å²) < 4.78 is 71.8. The van der Waals surface area contributed by atoms with Gasteiger partial charge in [0, 0.05) is 7.05 Å². The molecule has 0 saturated carbocycles. The summed E-state index contributed by atoms with van der Waals surface area (Å²) in [6.07, 6.45) is -4.86. The van der Waals surface area contributed by atoms with Crippen LogP contribution in [0.15, 0.2) is 0 Å². The highest BCUT2D eigenvalue weighted by Crippen LogP contribution is 2.36. The molecule has 21 heavy (non-hydrogen) atoms. The topological polar surface area (TPSA) is 74.3 Å². The van der Waals surface area contributed by atoms with Crippen LogP contribution < -0.4 is 16.0 Å². The zero-order valence-electron chi connectivity index (χ0n) is 10.3. The van der Waals surface area contributed by atoms with Gasteiger partial charge in [-0.15, -0.1) is 17.0 Å². The van der Waals surface area contributed by atoms with Crippen molar-refractivity contribution in [3.8, 4) is 5.88 Å². The summed E-state index contributed by atoms with van der Waals surface area (Å²) in [6, 6.07) is 0. The maximum absolute atomic E-state index is 12.7. The largest absolute Gasteiger partial charge is 0.465 e. The number of hydrogen-bond acceptors (Lipinski definition) is 5. The van der Waals surface area contributed by atoms with Gasteiger partial charge >= 0.3 is 12.8 Å². The lowest BCUT2D eigenvalue weighted by Crippen LogP contribution is -2.30. The van der Waals surface area contributed by atoms with Crippen molar-refractivity contribution in [2.75, 3.05) is 0 Å². The molecule has 1 rings (SSSR count). The van der Waals surface area contributed by atoms with E-state index in [2.05, 4.69) is 26.8 Å². The van der Waals surface area contributed by atoms with Gasteiger partial charge < -0.3 is 9.47 Å². The standard InChI is InChI=1S/C8H9F5N4O2S.BrH/c1-17-5(19-6(9)10)3(2-18-7(20)15-14)4(16-17)8(11,12)13;/h6H,2,14H2,1H3,(H,15,20);1H. The van der Waals surface area contributed by atoms with E-state index in [0.29, 0.717) is 4.68 Å². The van der Waals surface area contributed by atoms with Crippen LogP contribution in [0.2, 0.25) is 0 Å². The minimum absolute atomic E-state index is 0. The summed E-state index contributed by atoms with van der Waals surface area (Å²) >= 11 is 4.47. The Balaban J connectivity index is 0.00000400. The quantitative estimate of drug-likeness (QED) is 0.348. The molecule has 0 aromatic carbocycles. The van der Waals surface area contributed by atoms with Crippen LogP contribution in [0.25, 0.3) is 0 Å². The predicted molar refractivity (Wildman–Crippen MR) is 69.9 cm³/mol. The second kappa shape index (κ2) is 7.70. The van der Waals surface area contributed by atoms with Crippen molar-refractivity contribution in [1.82, 2.24) is 15.2 Å². The fourth-order valence-corrected chi connectivity index (χ4v) is 1.38. The molecular weight excluding hydrogens is 391 g/mol. The molecule has 0 aliphatic carbocycles. The molecule has 0 atom stereocenters. The average molecular weight is 401 g/mol. The number of hydrazine groups is 1. The zero-order valence-corrected chi connectivity index (χ0v) is 12.8. The minimum atomic E-state index is -4.86. The van der Waals surface area contributed by atoms with Gasteiger partial charge in [0.15, 0.2) is 5.69 Å². The van der Waals surface area contributed by atoms with E-state index in [9.17, 15) is 22.0 Å². The molecule has 1 aromatic rings. The highest BCUT2D eigenvalue weighted by Gasteiger charge is 2.40. The van der Waals surface area contributed by atoms with Crippen LogP contribution in [0, 0.1) is 0 Å². The molecule has 6 nitrogen and oxygen atoms in total. The number of alkyl halides is 5. The van der Waals surface area contributed by atoms with Gasteiger partial charge in [-0.1, -0.05) is 0 Å². The Bertz CT molecular complexity index is 496. The van der Waals surface area contributed by atoms with Crippen LogP contribution >= 0.6 is 29.2 Å². The van der Waals surface area contributed by atoms with Gasteiger partial charge in [-0.05, 0) is 12.2 Å². The molecule has 1 aromatic heterocycles. The maximum atomic E-state index is 12.7. The van der Waals surface area contributed by atoms with Crippen LogP contribution in [0.1, 0.15) is 11.3 Å². The monoisotopic (exact) mass is 400 g/mol. The third-order valence-corrected chi connectivity index (χ3v) is 2.26. The van der Waals surface area contributed by atoms with Crippen LogP contribution in [0.5, 0.6) is 5.88 Å². The molecular formula is C8H10BrF5N4O2S. The molecule has 1 heterocycles. The SMILES string of the molecule is Br.Cn1nc(C(F)(F)F)c(COC(=S)NN)c1OC(F)F. The van der Waals surface area contributed by atoms with Gasteiger partial charge in [0.25, 0.3) is 5.17 Å². The van der Waals surface area contributed by atoms with Crippen LogP contribution in [-0.2, 0) is 24.6 Å². The molecule has 0 radical (unpaired) electrons. The lowest BCUT2D eigenvalue weighted by atomic mass is 10.2. The molecule has 13 heteroatoms. The Hall–Kier alpha value is -1.21. The number of hydrogen-bond donors (Lipinski definition) is 2. The molecule has 0 spiro atoms. The molecule has 0 amide bonds. The maximum Gasteiger partial charge on any atom is 0.435 e. The number of ether oxygens (including phenoxy) is 2. The average Bonchev–Trinajstić information content (AvgIpc) is 2.63. The number of rotatable bonds is 4. The van der Waals surface area contributed by atoms with Gasteiger partial charge in [-0.25, -0.2) is 10.5 Å². The van der Waals surface area contributed by atoms with Crippen LogP contribution in [0.4, 0.5) is 22.0 Å². The van der Waals surface area contributed by atoms with Crippen LogP contribution in [-0.4, -0.2) is 21.6 Å². The Morgan fingerprint density at radius 1 is 1.48 bits per heavy atom. The van der Waals surface area contributed by atoms with Crippen molar-refractivity contribution >= 4 is 34.4 Å². The number of nitrogens with zero attached hydrogens (tertiary/aromatic N) is 2. The molecule has 0 unspecified atom stereocenters. The summed E-state index contributed by atoms with van der Waals surface area (Å²) in [5.41, 5.74) is -0.245. The smallest absolute Gasteiger partial charge is 0.435 e. The molecule has 3 N–H and O–H groups in total. The predicted octanol–water partition coefficient (Wildman–Crippen LogP) is 1.88. The lowest BCUT2D eigenvalue weighted by Gasteiger charge is -2.11. The summed E-state index contributed by atoms with van der Waals surface area (Å²) in [5, 5.41) is 2.69. The number of nitrogens with one attached hydrogen (secondary N) is 1. The second-order valence-electron chi connectivity index (χ2n) is 3.35. The Morgan fingerprint density at radius 2 is 2.05 bits per heavy atom. The van der Waals surface area contributed by atoms with Gasteiger partial charge in [0.05, 0.1) is 5.56 Å². The van der Waals surface area contributed by atoms with E-state index in [1.807, 2.05) is 5.43 Å². The van der Waals surface area contributed by atoms with E-state index in [-0.39, 0.29) is 17.0 Å². The van der Waals surface area contributed by atoms with Crippen molar-refractivity contribution < 1.29 is 31.4 Å². The summed E-state index contributed by atoms with van der Waals surface area (Å²) in [5.74, 6) is 4.10. The summed E-state index contributed by atoms with van der Waals surface area (Å²) in [6.45, 7) is -4.10. The van der Waals surface area contributed by atoms with Gasteiger partial charge in [-0.3, -0.25) is 5.43 Å². The van der Waals surface area contributed by atoms with E-state index in [1.54, 1.807) is 0 Å².